The van der Waals surface area contributed by atoms with Gasteiger partial charge in [0.15, 0.2) is 6.29 Å². The minimum atomic E-state index is -4.78. The summed E-state index contributed by atoms with van der Waals surface area (Å²) >= 11 is 0. The number of methoxy groups -OCH3 is 2. The molecule has 0 bridgehead atoms. The quantitative estimate of drug-likeness (QED) is 0.459. The number of nitrogens with zero attached hydrogens (tertiary/aromatic N) is 1. The molecule has 30 heavy (non-hydrogen) atoms. The Morgan fingerprint density at radius 1 is 1.17 bits per heavy atom. The molecule has 0 aliphatic carbocycles. The van der Waals surface area contributed by atoms with Crippen molar-refractivity contribution < 1.29 is 27.4 Å². The Bertz CT molecular complexity index is 865. The van der Waals surface area contributed by atoms with Gasteiger partial charge in [-0.05, 0) is 23.1 Å². The van der Waals surface area contributed by atoms with Crippen LogP contribution in [0.15, 0.2) is 30.3 Å². The second-order valence-electron chi connectivity index (χ2n) is 7.23. The van der Waals surface area contributed by atoms with Crippen LogP contribution in [0.4, 0.5) is 24.5 Å². The fourth-order valence-electron chi connectivity index (χ4n) is 3.28. The van der Waals surface area contributed by atoms with Crippen molar-refractivity contribution in [1.82, 2.24) is 0 Å². The number of benzene rings is 2. The molecule has 2 rings (SSSR count). The first-order chi connectivity index (χ1) is 14.1. The van der Waals surface area contributed by atoms with E-state index in [1.807, 2.05) is 24.3 Å². The standard InChI is InChI=1S/C22H27F3N2O3/c1-14(2)16-7-5-15(6-8-16)12-27(9-10-29-3)21-18(30-4)11-17(13-28)19(20(21)26)22(23,24)25/h5-8,11,13-14H,9-10,12,26H2,1-4H3. The van der Waals surface area contributed by atoms with Crippen LogP contribution in [0.2, 0.25) is 0 Å². The van der Waals surface area contributed by atoms with Crippen molar-refractivity contribution in [1.29, 1.82) is 0 Å². The Labute approximate surface area is 174 Å². The average Bonchev–Trinajstić information content (AvgIpc) is 2.69. The number of carbonyl (C=O) groups excluding carboxylic acids is 1. The number of aldehydes is 1. The van der Waals surface area contributed by atoms with E-state index < -0.39 is 23.0 Å². The van der Waals surface area contributed by atoms with Crippen molar-refractivity contribution in [2.24, 2.45) is 0 Å². The highest BCUT2D eigenvalue weighted by molar-refractivity contribution is 5.89. The van der Waals surface area contributed by atoms with Crippen LogP contribution in [0.5, 0.6) is 5.75 Å². The Morgan fingerprint density at radius 2 is 1.80 bits per heavy atom. The van der Waals surface area contributed by atoms with Crippen molar-refractivity contribution in [3.8, 4) is 5.75 Å². The number of nitrogens with two attached hydrogens (primary N) is 1. The van der Waals surface area contributed by atoms with Crippen molar-refractivity contribution >= 4 is 17.7 Å². The van der Waals surface area contributed by atoms with Crippen molar-refractivity contribution in [2.75, 3.05) is 38.0 Å². The van der Waals surface area contributed by atoms with Gasteiger partial charge in [-0.3, -0.25) is 4.79 Å². The van der Waals surface area contributed by atoms with Crippen LogP contribution in [0.25, 0.3) is 0 Å². The molecule has 0 radical (unpaired) electrons. The SMILES string of the molecule is COCCN(Cc1ccc(C(C)C)cc1)c1c(OC)cc(C=O)c(C(F)(F)F)c1N. The van der Waals surface area contributed by atoms with Crippen LogP contribution < -0.4 is 15.4 Å². The molecule has 0 aliphatic heterocycles. The largest absolute Gasteiger partial charge is 0.494 e. The average molecular weight is 424 g/mol. The normalized spacial score (nSPS) is 11.6. The van der Waals surface area contributed by atoms with E-state index in [1.54, 1.807) is 4.90 Å². The van der Waals surface area contributed by atoms with Crippen LogP contribution >= 0.6 is 0 Å². The van der Waals surface area contributed by atoms with Gasteiger partial charge in [0.1, 0.15) is 11.4 Å². The van der Waals surface area contributed by atoms with Gasteiger partial charge >= 0.3 is 6.18 Å². The van der Waals surface area contributed by atoms with Crippen molar-refractivity contribution in [3.63, 3.8) is 0 Å². The monoisotopic (exact) mass is 424 g/mol. The number of ether oxygens (including phenoxy) is 2. The highest BCUT2D eigenvalue weighted by Gasteiger charge is 2.38. The third kappa shape index (κ3) is 5.24. The smallest absolute Gasteiger partial charge is 0.419 e. The first-order valence-electron chi connectivity index (χ1n) is 9.49. The number of halogens is 3. The summed E-state index contributed by atoms with van der Waals surface area (Å²) in [6, 6.07) is 8.92. The summed E-state index contributed by atoms with van der Waals surface area (Å²) in [5, 5.41) is 0. The Hall–Kier alpha value is -2.74. The summed E-state index contributed by atoms with van der Waals surface area (Å²) in [5.41, 5.74) is 5.84. The maximum Gasteiger partial charge on any atom is 0.419 e. The topological polar surface area (TPSA) is 64.8 Å². The van der Waals surface area contributed by atoms with E-state index in [0.717, 1.165) is 17.2 Å². The number of anilines is 2. The van der Waals surface area contributed by atoms with E-state index in [9.17, 15) is 18.0 Å². The molecule has 0 atom stereocenters. The third-order valence-corrected chi connectivity index (χ3v) is 4.86. The van der Waals surface area contributed by atoms with Gasteiger partial charge < -0.3 is 20.1 Å². The van der Waals surface area contributed by atoms with Crippen LogP contribution in [-0.4, -0.2) is 33.7 Å². The molecule has 0 saturated carbocycles. The van der Waals surface area contributed by atoms with Gasteiger partial charge in [0.25, 0.3) is 0 Å². The van der Waals surface area contributed by atoms with Crippen LogP contribution in [0.1, 0.15) is 46.8 Å². The maximum atomic E-state index is 13.7. The highest BCUT2D eigenvalue weighted by atomic mass is 19.4. The van der Waals surface area contributed by atoms with Gasteiger partial charge in [-0.1, -0.05) is 38.1 Å². The predicted octanol–water partition coefficient (Wildman–Crippen LogP) is 4.89. The highest BCUT2D eigenvalue weighted by Crippen LogP contribution is 2.45. The lowest BCUT2D eigenvalue weighted by molar-refractivity contribution is -0.137. The molecule has 0 aliphatic rings. The van der Waals surface area contributed by atoms with Crippen LogP contribution in [-0.2, 0) is 17.5 Å². The van der Waals surface area contributed by atoms with Crippen molar-refractivity contribution in [3.05, 3.63) is 52.6 Å². The zero-order valence-electron chi connectivity index (χ0n) is 17.5. The molecule has 0 unspecified atom stereocenters. The molecule has 2 aromatic carbocycles. The van der Waals surface area contributed by atoms with E-state index in [1.165, 1.54) is 14.2 Å². The van der Waals surface area contributed by atoms with Gasteiger partial charge in [-0.15, -0.1) is 0 Å². The van der Waals surface area contributed by atoms with Gasteiger partial charge in [-0.2, -0.15) is 13.2 Å². The Morgan fingerprint density at radius 3 is 2.27 bits per heavy atom. The first-order valence-corrected chi connectivity index (χ1v) is 9.49. The van der Waals surface area contributed by atoms with E-state index >= 15 is 0 Å². The van der Waals surface area contributed by atoms with E-state index in [0.29, 0.717) is 12.5 Å². The van der Waals surface area contributed by atoms with Gasteiger partial charge in [-0.25, -0.2) is 0 Å². The second kappa shape index (κ2) is 9.84. The maximum absolute atomic E-state index is 13.7. The molecule has 0 aromatic heterocycles. The van der Waals surface area contributed by atoms with Crippen molar-refractivity contribution in [2.45, 2.75) is 32.5 Å². The fraction of sp³-hybridized carbons (Fsp3) is 0.409. The number of hydrogen-bond acceptors (Lipinski definition) is 5. The predicted molar refractivity (Wildman–Crippen MR) is 111 cm³/mol. The lowest BCUT2D eigenvalue weighted by atomic mass is 10.0. The number of nitrogen functional groups attached to an aromatic ring is 1. The molecule has 0 fully saturated rings. The number of carbonyl (C=O) groups is 1. The number of rotatable bonds is 9. The molecule has 0 amide bonds. The van der Waals surface area contributed by atoms with E-state index in [4.69, 9.17) is 15.2 Å². The molecular formula is C22H27F3N2O3. The first kappa shape index (κ1) is 23.5. The number of alkyl halides is 3. The molecule has 164 valence electrons. The summed E-state index contributed by atoms with van der Waals surface area (Å²) < 4.78 is 51.4. The van der Waals surface area contributed by atoms with E-state index in [-0.39, 0.29) is 30.9 Å². The van der Waals surface area contributed by atoms with Crippen LogP contribution in [0, 0.1) is 0 Å². The van der Waals surface area contributed by atoms with Crippen LogP contribution in [0.3, 0.4) is 0 Å². The minimum Gasteiger partial charge on any atom is -0.494 e. The molecule has 0 spiro atoms. The lowest BCUT2D eigenvalue weighted by Gasteiger charge is -2.29. The fourth-order valence-corrected chi connectivity index (χ4v) is 3.28. The lowest BCUT2D eigenvalue weighted by Crippen LogP contribution is -2.29. The second-order valence-corrected chi connectivity index (χ2v) is 7.23. The Balaban J connectivity index is 2.58. The molecule has 0 saturated heterocycles. The summed E-state index contributed by atoms with van der Waals surface area (Å²) in [6.45, 7) is 5.00. The molecule has 2 N–H and O–H groups in total. The third-order valence-electron chi connectivity index (χ3n) is 4.86. The van der Waals surface area contributed by atoms with Gasteiger partial charge in [0, 0.05) is 25.8 Å². The molecule has 0 heterocycles. The van der Waals surface area contributed by atoms with Gasteiger partial charge in [0.05, 0.1) is 25.0 Å². The molecule has 5 nitrogen and oxygen atoms in total. The molecule has 8 heteroatoms. The summed E-state index contributed by atoms with van der Waals surface area (Å²) in [4.78, 5) is 13.0. The number of hydrogen-bond donors (Lipinski definition) is 1. The molecular weight excluding hydrogens is 397 g/mol. The summed E-state index contributed by atoms with van der Waals surface area (Å²) in [5.74, 6) is 0.460. The summed E-state index contributed by atoms with van der Waals surface area (Å²) in [6.07, 6.45) is -4.65. The zero-order valence-corrected chi connectivity index (χ0v) is 17.5. The molecule has 2 aromatic rings. The Kier molecular flexibility index (Phi) is 7.72. The van der Waals surface area contributed by atoms with Gasteiger partial charge in [0.2, 0.25) is 0 Å². The summed E-state index contributed by atoms with van der Waals surface area (Å²) in [7, 11) is 2.83. The zero-order chi connectivity index (χ0) is 22.5. The minimum absolute atomic E-state index is 0.0837. The van der Waals surface area contributed by atoms with E-state index in [2.05, 4.69) is 13.8 Å².